The van der Waals surface area contributed by atoms with Crippen molar-refractivity contribution < 1.29 is 9.21 Å². The van der Waals surface area contributed by atoms with E-state index >= 15 is 0 Å². The van der Waals surface area contributed by atoms with E-state index in [0.29, 0.717) is 24.0 Å². The lowest BCUT2D eigenvalue weighted by Crippen LogP contribution is -2.27. The third-order valence-electron chi connectivity index (χ3n) is 4.27. The number of aromatic nitrogens is 4. The second-order valence-electron chi connectivity index (χ2n) is 6.35. The number of rotatable bonds is 7. The molecule has 0 saturated carbocycles. The van der Waals surface area contributed by atoms with Crippen molar-refractivity contribution in [2.24, 2.45) is 0 Å². The molecule has 0 aliphatic rings. The van der Waals surface area contributed by atoms with Crippen LogP contribution in [-0.4, -0.2) is 26.1 Å². The molecule has 0 fully saturated rings. The zero-order valence-corrected chi connectivity index (χ0v) is 16.1. The number of H-pyrrole nitrogens is 1. The maximum Gasteiger partial charge on any atom is 0.248 e. The normalized spacial score (nSPS) is 12.0. The van der Waals surface area contributed by atoms with Crippen LogP contribution in [0.5, 0.6) is 0 Å². The first-order valence-electron chi connectivity index (χ1n) is 8.93. The van der Waals surface area contributed by atoms with E-state index in [1.807, 2.05) is 54.1 Å². The minimum absolute atomic E-state index is 0.0968. The number of carbonyl (C=O) groups is 1. The van der Waals surface area contributed by atoms with E-state index in [1.54, 1.807) is 17.5 Å². The van der Waals surface area contributed by atoms with Crippen LogP contribution in [0.3, 0.4) is 0 Å². The summed E-state index contributed by atoms with van der Waals surface area (Å²) in [5, 5.41) is 14.9. The molecule has 3 heterocycles. The molecule has 3 aromatic heterocycles. The molecule has 1 aromatic carbocycles. The van der Waals surface area contributed by atoms with E-state index in [1.165, 1.54) is 0 Å². The van der Waals surface area contributed by atoms with Crippen LogP contribution in [0, 0.1) is 0 Å². The quantitative estimate of drug-likeness (QED) is 0.495. The Morgan fingerprint density at radius 3 is 2.86 bits per heavy atom. The third-order valence-corrected chi connectivity index (χ3v) is 4.95. The van der Waals surface area contributed by atoms with Crippen LogP contribution in [0.4, 0.5) is 0 Å². The monoisotopic (exact) mass is 393 g/mol. The molecule has 0 radical (unpaired) electrons. The van der Waals surface area contributed by atoms with E-state index in [0.717, 1.165) is 16.8 Å². The largest absolute Gasteiger partial charge is 0.421 e. The van der Waals surface area contributed by atoms with Crippen molar-refractivity contribution in [2.45, 2.75) is 25.8 Å². The van der Waals surface area contributed by atoms with Gasteiger partial charge in [0.1, 0.15) is 5.82 Å². The molecule has 7 nitrogen and oxygen atoms in total. The van der Waals surface area contributed by atoms with Crippen molar-refractivity contribution in [1.82, 2.24) is 25.5 Å². The molecular weight excluding hydrogens is 374 g/mol. The van der Waals surface area contributed by atoms with Crippen molar-refractivity contribution in [3.05, 3.63) is 65.1 Å². The van der Waals surface area contributed by atoms with Crippen LogP contribution in [0.1, 0.15) is 31.1 Å². The number of nitrogens with zero attached hydrogens (tertiary/aromatic N) is 3. The average Bonchev–Trinajstić information content (AvgIpc) is 3.48. The molecule has 0 aliphatic carbocycles. The number of hydrogen-bond donors (Lipinski definition) is 2. The van der Waals surface area contributed by atoms with E-state index < -0.39 is 0 Å². The fraction of sp³-hybridized carbons (Fsp3) is 0.200. The van der Waals surface area contributed by atoms with E-state index in [-0.39, 0.29) is 18.4 Å². The fourth-order valence-electron chi connectivity index (χ4n) is 2.78. The lowest BCUT2D eigenvalue weighted by atomic mass is 10.2. The van der Waals surface area contributed by atoms with Crippen LogP contribution in [0.25, 0.3) is 22.7 Å². The Hall–Kier alpha value is -3.26. The predicted molar refractivity (Wildman–Crippen MR) is 107 cm³/mol. The highest BCUT2D eigenvalue weighted by Gasteiger charge is 2.15. The van der Waals surface area contributed by atoms with Crippen LogP contribution >= 0.6 is 11.3 Å². The predicted octanol–water partition coefficient (Wildman–Crippen LogP) is 4.00. The summed E-state index contributed by atoms with van der Waals surface area (Å²) < 4.78 is 5.61. The summed E-state index contributed by atoms with van der Waals surface area (Å²) in [6, 6.07) is 11.6. The van der Waals surface area contributed by atoms with E-state index in [9.17, 15) is 4.79 Å². The summed E-state index contributed by atoms with van der Waals surface area (Å²) in [6.45, 7) is 1.90. The maximum absolute atomic E-state index is 12.3. The third kappa shape index (κ3) is 4.17. The van der Waals surface area contributed by atoms with Gasteiger partial charge >= 0.3 is 0 Å². The number of amides is 1. The molecule has 0 saturated heterocycles. The van der Waals surface area contributed by atoms with E-state index in [4.69, 9.17) is 4.42 Å². The van der Waals surface area contributed by atoms with Crippen molar-refractivity contribution in [3.63, 3.8) is 0 Å². The number of imidazole rings is 1. The molecule has 0 bridgehead atoms. The Balaban J connectivity index is 1.31. The van der Waals surface area contributed by atoms with Gasteiger partial charge < -0.3 is 14.7 Å². The minimum Gasteiger partial charge on any atom is -0.421 e. The summed E-state index contributed by atoms with van der Waals surface area (Å²) in [6.07, 6.45) is 2.43. The molecule has 28 heavy (non-hydrogen) atoms. The van der Waals surface area contributed by atoms with Gasteiger partial charge in [0.05, 0.1) is 17.9 Å². The lowest BCUT2D eigenvalue weighted by molar-refractivity contribution is -0.121. The molecule has 142 valence electrons. The zero-order chi connectivity index (χ0) is 19.3. The smallest absolute Gasteiger partial charge is 0.248 e. The Labute approximate surface area is 165 Å². The Morgan fingerprint density at radius 1 is 1.21 bits per heavy atom. The molecule has 0 spiro atoms. The standard InChI is InChI=1S/C20H19N5O2S/c1-13(19-21-11-16(23-19)14-5-3-2-4-6-14)22-17(26)7-8-18-24-25-20(27-18)15-9-10-28-12-15/h2-6,9-13H,7-8H2,1H3,(H,21,23)(H,22,26). The molecule has 2 N–H and O–H groups in total. The number of hydrogen-bond acceptors (Lipinski definition) is 6. The Bertz CT molecular complexity index is 1040. The van der Waals surface area contributed by atoms with Gasteiger partial charge in [-0.15, -0.1) is 10.2 Å². The number of aryl methyl sites for hydroxylation is 1. The highest BCUT2D eigenvalue weighted by Crippen LogP contribution is 2.21. The van der Waals surface area contributed by atoms with Crippen molar-refractivity contribution in [1.29, 1.82) is 0 Å². The number of carbonyl (C=O) groups excluding carboxylic acids is 1. The maximum atomic E-state index is 12.3. The first kappa shape index (κ1) is 18.1. The molecule has 0 aliphatic heterocycles. The summed E-state index contributed by atoms with van der Waals surface area (Å²) in [7, 11) is 0. The second kappa shape index (κ2) is 8.18. The fourth-order valence-corrected chi connectivity index (χ4v) is 3.41. The molecule has 1 amide bonds. The zero-order valence-electron chi connectivity index (χ0n) is 15.3. The van der Waals surface area contributed by atoms with Gasteiger partial charge in [0, 0.05) is 23.8 Å². The van der Waals surface area contributed by atoms with Gasteiger partial charge in [-0.2, -0.15) is 11.3 Å². The first-order chi connectivity index (χ1) is 13.7. The van der Waals surface area contributed by atoms with Gasteiger partial charge in [-0.25, -0.2) is 4.98 Å². The summed E-state index contributed by atoms with van der Waals surface area (Å²) in [5.74, 6) is 1.55. The van der Waals surface area contributed by atoms with Gasteiger partial charge in [0.15, 0.2) is 0 Å². The molecule has 1 unspecified atom stereocenters. The van der Waals surface area contributed by atoms with Gasteiger partial charge in [-0.3, -0.25) is 4.79 Å². The van der Waals surface area contributed by atoms with Gasteiger partial charge in [0.25, 0.3) is 0 Å². The van der Waals surface area contributed by atoms with Gasteiger partial charge in [0.2, 0.25) is 17.7 Å². The highest BCUT2D eigenvalue weighted by atomic mass is 32.1. The first-order valence-corrected chi connectivity index (χ1v) is 9.88. The molecule has 1 atom stereocenters. The van der Waals surface area contributed by atoms with Crippen molar-refractivity contribution in [3.8, 4) is 22.7 Å². The van der Waals surface area contributed by atoms with Crippen LogP contribution in [0.2, 0.25) is 0 Å². The summed E-state index contributed by atoms with van der Waals surface area (Å²) >= 11 is 1.57. The second-order valence-corrected chi connectivity index (χ2v) is 7.13. The highest BCUT2D eigenvalue weighted by molar-refractivity contribution is 7.08. The molecular formula is C20H19N5O2S. The lowest BCUT2D eigenvalue weighted by Gasteiger charge is -2.11. The molecule has 8 heteroatoms. The molecule has 4 rings (SSSR count). The van der Waals surface area contributed by atoms with Crippen molar-refractivity contribution >= 4 is 17.2 Å². The van der Waals surface area contributed by atoms with Crippen LogP contribution < -0.4 is 5.32 Å². The Kier molecular flexibility index (Phi) is 5.29. The van der Waals surface area contributed by atoms with Gasteiger partial charge in [-0.05, 0) is 23.9 Å². The Morgan fingerprint density at radius 2 is 2.07 bits per heavy atom. The topological polar surface area (TPSA) is 96.7 Å². The molecule has 4 aromatic rings. The van der Waals surface area contributed by atoms with Crippen LogP contribution in [-0.2, 0) is 11.2 Å². The summed E-state index contributed by atoms with van der Waals surface area (Å²) in [5.41, 5.74) is 2.87. The van der Waals surface area contributed by atoms with Crippen molar-refractivity contribution in [2.75, 3.05) is 0 Å². The summed E-state index contributed by atoms with van der Waals surface area (Å²) in [4.78, 5) is 19.9. The average molecular weight is 393 g/mol. The number of thiophene rings is 1. The number of nitrogens with one attached hydrogen (secondary N) is 2. The minimum atomic E-state index is -0.228. The number of aromatic amines is 1. The van der Waals surface area contributed by atoms with Gasteiger partial charge in [-0.1, -0.05) is 30.3 Å². The van der Waals surface area contributed by atoms with E-state index in [2.05, 4.69) is 25.5 Å². The SMILES string of the molecule is CC(NC(=O)CCc1nnc(-c2ccsc2)o1)c1ncc(-c2ccccc2)[nH]1. The number of benzene rings is 1. The van der Waals surface area contributed by atoms with Crippen LogP contribution in [0.15, 0.2) is 57.8 Å².